The third kappa shape index (κ3) is 7.62. The van der Waals surface area contributed by atoms with Gasteiger partial charge in [-0.1, -0.05) is 19.8 Å². The molecule has 0 radical (unpaired) electrons. The van der Waals surface area contributed by atoms with E-state index < -0.39 is 10.8 Å². The highest BCUT2D eigenvalue weighted by Crippen LogP contribution is 2.09. The second kappa shape index (κ2) is 10.1. The van der Waals surface area contributed by atoms with Gasteiger partial charge in [-0.2, -0.15) is 5.26 Å². The summed E-state index contributed by atoms with van der Waals surface area (Å²) in [7, 11) is -0.805. The molecular formula is C16H22N2O2S. The van der Waals surface area contributed by atoms with E-state index in [2.05, 4.69) is 12.2 Å². The summed E-state index contributed by atoms with van der Waals surface area (Å²) in [6.45, 7) is 2.12. The van der Waals surface area contributed by atoms with Gasteiger partial charge in [0.1, 0.15) is 0 Å². The maximum atomic E-state index is 11.7. The van der Waals surface area contributed by atoms with E-state index in [0.29, 0.717) is 29.8 Å². The van der Waals surface area contributed by atoms with Crippen molar-refractivity contribution in [3.63, 3.8) is 0 Å². The fourth-order valence-corrected chi connectivity index (χ4v) is 3.06. The number of amides is 1. The molecule has 4 nitrogen and oxygen atoms in total. The van der Waals surface area contributed by atoms with Crippen molar-refractivity contribution in [2.75, 3.05) is 16.8 Å². The molecule has 0 heterocycles. The average Bonchev–Trinajstić information content (AvgIpc) is 2.48. The van der Waals surface area contributed by atoms with Gasteiger partial charge in [-0.3, -0.25) is 9.00 Å². The highest BCUT2D eigenvalue weighted by molar-refractivity contribution is 7.84. The van der Waals surface area contributed by atoms with Crippen LogP contribution < -0.4 is 5.32 Å². The number of anilines is 1. The van der Waals surface area contributed by atoms with Crippen LogP contribution in [0.4, 0.5) is 5.69 Å². The Bertz CT molecular complexity index is 506. The highest BCUT2D eigenvalue weighted by atomic mass is 32.2. The summed E-state index contributed by atoms with van der Waals surface area (Å²) in [4.78, 5) is 11.7. The van der Waals surface area contributed by atoms with Crippen LogP contribution >= 0.6 is 0 Å². The molecule has 5 heteroatoms. The Morgan fingerprint density at radius 2 is 1.86 bits per heavy atom. The molecule has 0 saturated carbocycles. The Balaban J connectivity index is 2.21. The van der Waals surface area contributed by atoms with Crippen molar-refractivity contribution < 1.29 is 9.00 Å². The lowest BCUT2D eigenvalue weighted by molar-refractivity contribution is -0.116. The second-order valence-electron chi connectivity index (χ2n) is 4.90. The van der Waals surface area contributed by atoms with Crippen LogP contribution in [0.1, 0.15) is 44.6 Å². The molecule has 0 spiro atoms. The molecule has 1 aromatic carbocycles. The number of hydrogen-bond donors (Lipinski definition) is 1. The van der Waals surface area contributed by atoms with Crippen molar-refractivity contribution in [1.29, 1.82) is 5.26 Å². The van der Waals surface area contributed by atoms with E-state index in [1.807, 2.05) is 6.07 Å². The van der Waals surface area contributed by atoms with E-state index >= 15 is 0 Å². The van der Waals surface area contributed by atoms with Crippen LogP contribution in [-0.2, 0) is 15.6 Å². The largest absolute Gasteiger partial charge is 0.326 e. The first-order chi connectivity index (χ1) is 10.2. The quantitative estimate of drug-likeness (QED) is 0.712. The van der Waals surface area contributed by atoms with E-state index in [4.69, 9.17) is 5.26 Å². The zero-order chi connectivity index (χ0) is 15.5. The Morgan fingerprint density at radius 1 is 1.19 bits per heavy atom. The summed E-state index contributed by atoms with van der Waals surface area (Å²) >= 11 is 0. The van der Waals surface area contributed by atoms with Gasteiger partial charge >= 0.3 is 0 Å². The molecule has 1 amide bonds. The summed E-state index contributed by atoms with van der Waals surface area (Å²) in [6, 6.07) is 8.77. The normalized spacial score (nSPS) is 11.6. The summed E-state index contributed by atoms with van der Waals surface area (Å²) in [6.07, 6.45) is 4.26. The van der Waals surface area contributed by atoms with E-state index in [9.17, 15) is 9.00 Å². The first-order valence-electron chi connectivity index (χ1n) is 7.30. The fraction of sp³-hybridized carbons (Fsp3) is 0.500. The van der Waals surface area contributed by atoms with Crippen LogP contribution in [0.3, 0.4) is 0 Å². The third-order valence-corrected chi connectivity index (χ3v) is 4.54. The molecule has 1 unspecified atom stereocenters. The van der Waals surface area contributed by atoms with Crippen LogP contribution in [0.5, 0.6) is 0 Å². The van der Waals surface area contributed by atoms with Gasteiger partial charge in [0.15, 0.2) is 0 Å². The molecule has 21 heavy (non-hydrogen) atoms. The van der Waals surface area contributed by atoms with Crippen LogP contribution in [0, 0.1) is 11.3 Å². The van der Waals surface area contributed by atoms with Crippen molar-refractivity contribution >= 4 is 22.4 Å². The highest BCUT2D eigenvalue weighted by Gasteiger charge is 2.05. The number of hydrogen-bond acceptors (Lipinski definition) is 3. The zero-order valence-corrected chi connectivity index (χ0v) is 13.2. The van der Waals surface area contributed by atoms with Gasteiger partial charge in [0.05, 0.1) is 11.6 Å². The molecular weight excluding hydrogens is 284 g/mol. The summed E-state index contributed by atoms with van der Waals surface area (Å²) in [5.74, 6) is 1.25. The Labute approximate surface area is 129 Å². The van der Waals surface area contributed by atoms with Gasteiger partial charge in [0.2, 0.25) is 5.91 Å². The molecule has 1 rings (SSSR count). The zero-order valence-electron chi connectivity index (χ0n) is 12.4. The molecule has 1 aromatic rings. The third-order valence-electron chi connectivity index (χ3n) is 3.05. The number of rotatable bonds is 9. The lowest BCUT2D eigenvalue weighted by Gasteiger charge is -2.05. The van der Waals surface area contributed by atoms with Crippen LogP contribution in [0.15, 0.2) is 24.3 Å². The molecule has 0 aromatic heterocycles. The minimum absolute atomic E-state index is 0.0785. The molecule has 0 bridgehead atoms. The average molecular weight is 306 g/mol. The van der Waals surface area contributed by atoms with Gasteiger partial charge in [-0.25, -0.2) is 0 Å². The SMILES string of the molecule is CCCCCS(=O)CCCC(=O)Nc1ccc(C#N)cc1. The fourth-order valence-electron chi connectivity index (χ4n) is 1.86. The lowest BCUT2D eigenvalue weighted by atomic mass is 10.2. The first-order valence-corrected chi connectivity index (χ1v) is 8.79. The minimum atomic E-state index is -0.805. The number of nitriles is 1. The number of carbonyl (C=O) groups excluding carboxylic acids is 1. The van der Waals surface area contributed by atoms with E-state index in [1.54, 1.807) is 24.3 Å². The smallest absolute Gasteiger partial charge is 0.224 e. The van der Waals surface area contributed by atoms with Gasteiger partial charge in [0.25, 0.3) is 0 Å². The van der Waals surface area contributed by atoms with Gasteiger partial charge < -0.3 is 5.32 Å². The monoisotopic (exact) mass is 306 g/mol. The van der Waals surface area contributed by atoms with Crippen molar-refractivity contribution in [3.8, 4) is 6.07 Å². The maximum absolute atomic E-state index is 11.7. The number of nitrogens with zero attached hydrogens (tertiary/aromatic N) is 1. The van der Waals surface area contributed by atoms with Crippen molar-refractivity contribution in [2.45, 2.75) is 39.0 Å². The lowest BCUT2D eigenvalue weighted by Crippen LogP contribution is -2.13. The molecule has 0 saturated heterocycles. The van der Waals surface area contributed by atoms with E-state index in [0.717, 1.165) is 25.0 Å². The molecule has 1 atom stereocenters. The second-order valence-corrected chi connectivity index (χ2v) is 6.59. The van der Waals surface area contributed by atoms with Crippen LogP contribution in [0.2, 0.25) is 0 Å². The standard InChI is InChI=1S/C16H22N2O2S/c1-2-3-4-11-21(20)12-5-6-16(19)18-15-9-7-14(13-17)8-10-15/h7-10H,2-6,11-12H2,1H3,(H,18,19). The van der Waals surface area contributed by atoms with Gasteiger partial charge in [0, 0.05) is 34.4 Å². The summed E-state index contributed by atoms with van der Waals surface area (Å²) in [5, 5.41) is 11.5. The number of benzene rings is 1. The Hall–Kier alpha value is -1.67. The van der Waals surface area contributed by atoms with Crippen molar-refractivity contribution in [1.82, 2.24) is 0 Å². The van der Waals surface area contributed by atoms with Crippen LogP contribution in [0.25, 0.3) is 0 Å². The van der Waals surface area contributed by atoms with Gasteiger partial charge in [-0.05, 0) is 37.1 Å². The van der Waals surface area contributed by atoms with Gasteiger partial charge in [-0.15, -0.1) is 0 Å². The van der Waals surface area contributed by atoms with E-state index in [1.165, 1.54) is 0 Å². The minimum Gasteiger partial charge on any atom is -0.326 e. The Kier molecular flexibility index (Phi) is 8.37. The Morgan fingerprint density at radius 3 is 2.48 bits per heavy atom. The summed E-state index contributed by atoms with van der Waals surface area (Å²) in [5.41, 5.74) is 1.25. The molecule has 114 valence electrons. The van der Waals surface area contributed by atoms with Crippen molar-refractivity contribution in [2.24, 2.45) is 0 Å². The van der Waals surface area contributed by atoms with Crippen molar-refractivity contribution in [3.05, 3.63) is 29.8 Å². The molecule has 0 fully saturated rings. The number of carbonyl (C=O) groups is 1. The predicted octanol–water partition coefficient (Wildman–Crippen LogP) is 3.22. The maximum Gasteiger partial charge on any atom is 0.224 e. The topological polar surface area (TPSA) is 70.0 Å². The molecule has 0 aliphatic carbocycles. The number of unbranched alkanes of at least 4 members (excludes halogenated alkanes) is 2. The van der Waals surface area contributed by atoms with E-state index in [-0.39, 0.29) is 5.91 Å². The summed E-state index contributed by atoms with van der Waals surface area (Å²) < 4.78 is 11.7. The predicted molar refractivity (Wildman–Crippen MR) is 86.4 cm³/mol. The molecule has 0 aliphatic rings. The first kappa shape index (κ1) is 17.4. The molecule has 0 aliphatic heterocycles. The molecule has 1 N–H and O–H groups in total. The number of nitrogens with one attached hydrogen (secondary N) is 1. The van der Waals surface area contributed by atoms with Crippen LogP contribution in [-0.4, -0.2) is 21.6 Å².